The molecule has 0 N–H and O–H groups in total. The van der Waals surface area contributed by atoms with E-state index < -0.39 is 12.0 Å². The smallest absolute Gasteiger partial charge is 0.213 e. The Morgan fingerprint density at radius 1 is 1.20 bits per heavy atom. The van der Waals surface area contributed by atoms with Crippen LogP contribution in [0.25, 0.3) is 0 Å². The summed E-state index contributed by atoms with van der Waals surface area (Å²) < 4.78 is 0. The van der Waals surface area contributed by atoms with Gasteiger partial charge in [0, 0.05) is 16.0 Å². The Morgan fingerprint density at radius 3 is 2.24 bits per heavy atom. The highest BCUT2D eigenvalue weighted by Crippen LogP contribution is 2.39. The van der Waals surface area contributed by atoms with Crippen LogP contribution in [0.5, 0.6) is 0 Å². The van der Waals surface area contributed by atoms with E-state index in [1.54, 1.807) is 12.1 Å². The molecule has 0 saturated carbocycles. The van der Waals surface area contributed by atoms with Crippen molar-refractivity contribution in [2.45, 2.75) is 70.1 Å². The summed E-state index contributed by atoms with van der Waals surface area (Å²) in [5.74, 6) is -0.623. The SMILES string of the molecule is CC1(C)CCCC(C)(C)N1O[C@H](C=O)[C@H](C[N+](=O)[O-])c1ccccc1. The fraction of sp³-hybridized carbons (Fsp3) is 0.632. The molecular formula is C19H28N2O4. The normalized spacial score (nSPS) is 22.1. The highest BCUT2D eigenvalue weighted by molar-refractivity contribution is 5.58. The van der Waals surface area contributed by atoms with E-state index in [0.29, 0.717) is 6.29 Å². The number of benzene rings is 1. The van der Waals surface area contributed by atoms with E-state index >= 15 is 0 Å². The Hall–Kier alpha value is -1.79. The summed E-state index contributed by atoms with van der Waals surface area (Å²) in [6.07, 6.45) is 2.79. The molecule has 0 amide bonds. The number of aldehydes is 1. The molecule has 0 aliphatic carbocycles. The average molecular weight is 348 g/mol. The molecular weight excluding hydrogens is 320 g/mol. The van der Waals surface area contributed by atoms with Crippen LogP contribution in [0.2, 0.25) is 0 Å². The number of piperidine rings is 1. The second kappa shape index (κ2) is 7.62. The molecule has 0 bridgehead atoms. The fourth-order valence-corrected chi connectivity index (χ4v) is 3.84. The zero-order chi connectivity index (χ0) is 18.7. The molecule has 0 radical (unpaired) electrons. The summed E-state index contributed by atoms with van der Waals surface area (Å²) in [7, 11) is 0. The van der Waals surface area contributed by atoms with Gasteiger partial charge >= 0.3 is 0 Å². The third kappa shape index (κ3) is 4.64. The van der Waals surface area contributed by atoms with Gasteiger partial charge in [-0.3, -0.25) is 15.0 Å². The van der Waals surface area contributed by atoms with Gasteiger partial charge in [-0.25, -0.2) is 0 Å². The lowest BCUT2D eigenvalue weighted by Gasteiger charge is -2.52. The van der Waals surface area contributed by atoms with Crippen LogP contribution in [0.4, 0.5) is 0 Å². The molecule has 0 aromatic heterocycles. The lowest BCUT2D eigenvalue weighted by atomic mass is 9.82. The Kier molecular flexibility index (Phi) is 5.95. The molecule has 1 saturated heterocycles. The second-order valence-corrected chi connectivity index (χ2v) is 8.01. The van der Waals surface area contributed by atoms with Crippen LogP contribution in [-0.4, -0.2) is 40.0 Å². The number of hydrogen-bond acceptors (Lipinski definition) is 5. The molecule has 1 heterocycles. The first-order chi connectivity index (χ1) is 11.7. The number of hydroxylamine groups is 2. The van der Waals surface area contributed by atoms with Crippen LogP contribution in [0, 0.1) is 10.1 Å². The minimum absolute atomic E-state index is 0.237. The van der Waals surface area contributed by atoms with Crippen LogP contribution in [0.1, 0.15) is 58.4 Å². The van der Waals surface area contributed by atoms with Crippen molar-refractivity contribution in [2.75, 3.05) is 6.54 Å². The number of carbonyl (C=O) groups excluding carboxylic acids is 1. The van der Waals surface area contributed by atoms with E-state index in [1.165, 1.54) is 0 Å². The summed E-state index contributed by atoms with van der Waals surface area (Å²) in [6.45, 7) is 7.99. The molecule has 1 fully saturated rings. The maximum atomic E-state index is 11.8. The van der Waals surface area contributed by atoms with Gasteiger partial charge in [0.25, 0.3) is 0 Å². The molecule has 6 heteroatoms. The van der Waals surface area contributed by atoms with E-state index in [4.69, 9.17) is 4.84 Å². The van der Waals surface area contributed by atoms with Crippen molar-refractivity contribution < 1.29 is 14.6 Å². The highest BCUT2D eigenvalue weighted by atomic mass is 16.7. The third-order valence-corrected chi connectivity index (χ3v) is 5.01. The number of rotatable bonds is 7. The summed E-state index contributed by atoms with van der Waals surface area (Å²) in [5.41, 5.74) is 0.265. The van der Waals surface area contributed by atoms with Crippen LogP contribution in [0.3, 0.4) is 0 Å². The molecule has 2 atom stereocenters. The standard InChI is InChI=1S/C19H28N2O4/c1-18(2)11-8-12-19(3,4)21(18)25-17(14-22)16(13-20(23)24)15-9-6-5-7-10-15/h5-7,9-10,14,16-17H,8,11-13H2,1-4H3/t16-,17-/m1/s1. The monoisotopic (exact) mass is 348 g/mol. The van der Waals surface area contributed by atoms with Gasteiger partial charge in [0.15, 0.2) is 6.29 Å². The predicted molar refractivity (Wildman–Crippen MR) is 95.8 cm³/mol. The lowest BCUT2D eigenvalue weighted by molar-refractivity contribution is -0.486. The van der Waals surface area contributed by atoms with Crippen molar-refractivity contribution in [2.24, 2.45) is 0 Å². The van der Waals surface area contributed by atoms with E-state index in [-0.39, 0.29) is 22.5 Å². The van der Waals surface area contributed by atoms with Gasteiger partial charge in [-0.05, 0) is 52.5 Å². The van der Waals surface area contributed by atoms with Crippen LogP contribution in [0.15, 0.2) is 30.3 Å². The van der Waals surface area contributed by atoms with E-state index in [9.17, 15) is 14.9 Å². The summed E-state index contributed by atoms with van der Waals surface area (Å²) in [5, 5.41) is 13.1. The maximum Gasteiger partial charge on any atom is 0.213 e. The van der Waals surface area contributed by atoms with Gasteiger partial charge in [0.2, 0.25) is 6.54 Å². The fourth-order valence-electron chi connectivity index (χ4n) is 3.84. The first-order valence-electron chi connectivity index (χ1n) is 8.76. The van der Waals surface area contributed by atoms with Crippen molar-refractivity contribution in [3.05, 3.63) is 46.0 Å². The average Bonchev–Trinajstić information content (AvgIpc) is 2.53. The minimum Gasteiger partial charge on any atom is -0.300 e. The number of nitro groups is 1. The molecule has 2 rings (SSSR count). The highest BCUT2D eigenvalue weighted by Gasteiger charge is 2.45. The van der Waals surface area contributed by atoms with Crippen molar-refractivity contribution >= 4 is 6.29 Å². The summed E-state index contributed by atoms with van der Waals surface area (Å²) in [6, 6.07) is 9.10. The topological polar surface area (TPSA) is 72.7 Å². The largest absolute Gasteiger partial charge is 0.300 e. The minimum atomic E-state index is -0.899. The van der Waals surface area contributed by atoms with Crippen molar-refractivity contribution in [3.8, 4) is 0 Å². The second-order valence-electron chi connectivity index (χ2n) is 8.01. The van der Waals surface area contributed by atoms with Gasteiger partial charge in [0.05, 0.1) is 5.92 Å². The molecule has 0 unspecified atom stereocenters. The van der Waals surface area contributed by atoms with Crippen molar-refractivity contribution in [1.82, 2.24) is 5.06 Å². The molecule has 1 aliphatic rings. The van der Waals surface area contributed by atoms with Crippen LogP contribution in [-0.2, 0) is 9.63 Å². The van der Waals surface area contributed by atoms with Crippen molar-refractivity contribution in [1.29, 1.82) is 0 Å². The predicted octanol–water partition coefficient (Wildman–Crippen LogP) is 3.59. The number of nitrogens with zero attached hydrogens (tertiary/aromatic N) is 2. The third-order valence-electron chi connectivity index (χ3n) is 5.01. The first-order valence-corrected chi connectivity index (χ1v) is 8.76. The lowest BCUT2D eigenvalue weighted by Crippen LogP contribution is -2.60. The Labute approximate surface area is 149 Å². The van der Waals surface area contributed by atoms with Crippen molar-refractivity contribution in [3.63, 3.8) is 0 Å². The summed E-state index contributed by atoms with van der Waals surface area (Å²) in [4.78, 5) is 28.8. The maximum absolute atomic E-state index is 11.8. The van der Waals surface area contributed by atoms with E-state index in [0.717, 1.165) is 24.8 Å². The molecule has 1 aromatic carbocycles. The van der Waals surface area contributed by atoms with Crippen LogP contribution >= 0.6 is 0 Å². The van der Waals surface area contributed by atoms with Gasteiger partial charge in [-0.2, -0.15) is 5.06 Å². The molecule has 138 valence electrons. The van der Waals surface area contributed by atoms with Gasteiger partial charge in [0.1, 0.15) is 6.10 Å². The van der Waals surface area contributed by atoms with E-state index in [2.05, 4.69) is 27.7 Å². The number of hydrogen-bond donors (Lipinski definition) is 0. The Balaban J connectivity index is 2.31. The van der Waals surface area contributed by atoms with Crippen LogP contribution < -0.4 is 0 Å². The number of carbonyl (C=O) groups is 1. The zero-order valence-corrected chi connectivity index (χ0v) is 15.5. The molecule has 6 nitrogen and oxygen atoms in total. The van der Waals surface area contributed by atoms with Gasteiger partial charge in [-0.1, -0.05) is 30.3 Å². The molecule has 1 aliphatic heterocycles. The summed E-state index contributed by atoms with van der Waals surface area (Å²) >= 11 is 0. The molecule has 25 heavy (non-hydrogen) atoms. The Morgan fingerprint density at radius 2 is 1.76 bits per heavy atom. The Bertz CT molecular complexity index is 585. The molecule has 1 aromatic rings. The van der Waals surface area contributed by atoms with Gasteiger partial charge in [-0.15, -0.1) is 0 Å². The van der Waals surface area contributed by atoms with E-state index in [1.807, 2.05) is 23.3 Å². The quantitative estimate of drug-likeness (QED) is 0.428. The first kappa shape index (κ1) is 19.5. The van der Waals surface area contributed by atoms with Gasteiger partial charge < -0.3 is 4.79 Å². The molecule has 0 spiro atoms. The zero-order valence-electron chi connectivity index (χ0n) is 15.5.